The molecule has 19 heavy (non-hydrogen) atoms. The van der Waals surface area contributed by atoms with Crippen molar-refractivity contribution in [2.45, 2.75) is 6.04 Å². The smallest absolute Gasteiger partial charge is 0.116 e. The van der Waals surface area contributed by atoms with Crippen LogP contribution in [0.3, 0.4) is 0 Å². The number of aromatic hydroxyl groups is 1. The van der Waals surface area contributed by atoms with Gasteiger partial charge in [-0.2, -0.15) is 0 Å². The molecule has 2 aromatic carbocycles. The minimum Gasteiger partial charge on any atom is -0.508 e. The van der Waals surface area contributed by atoms with E-state index in [0.29, 0.717) is 5.75 Å². The molecule has 0 spiro atoms. The largest absolute Gasteiger partial charge is 0.508 e. The summed E-state index contributed by atoms with van der Waals surface area (Å²) in [6, 6.07) is 15.6. The summed E-state index contributed by atoms with van der Waals surface area (Å²) in [6.07, 6.45) is 8.35. The molecule has 0 saturated heterocycles. The second-order valence-corrected chi connectivity index (χ2v) is 4.57. The zero-order valence-corrected chi connectivity index (χ0v) is 10.5. The summed E-state index contributed by atoms with van der Waals surface area (Å²) < 4.78 is 0. The van der Waals surface area contributed by atoms with Crippen LogP contribution in [-0.2, 0) is 0 Å². The number of para-hydroxylation sites is 1. The van der Waals surface area contributed by atoms with Gasteiger partial charge in [-0.05, 0) is 29.3 Å². The van der Waals surface area contributed by atoms with Gasteiger partial charge in [0.2, 0.25) is 0 Å². The third-order valence-corrected chi connectivity index (χ3v) is 3.13. The fraction of sp³-hybridized carbons (Fsp3) is 0.0588. The van der Waals surface area contributed by atoms with Crippen molar-refractivity contribution in [1.29, 1.82) is 0 Å². The summed E-state index contributed by atoms with van der Waals surface area (Å²) in [7, 11) is 0. The van der Waals surface area contributed by atoms with Gasteiger partial charge in [-0.1, -0.05) is 54.6 Å². The predicted molar refractivity (Wildman–Crippen MR) is 80.0 cm³/mol. The van der Waals surface area contributed by atoms with Gasteiger partial charge in [-0.25, -0.2) is 0 Å². The molecule has 2 nitrogen and oxygen atoms in total. The summed E-state index contributed by atoms with van der Waals surface area (Å²) in [5.41, 5.74) is 3.36. The Bertz CT molecular complexity index is 643. The van der Waals surface area contributed by atoms with Gasteiger partial charge in [0.15, 0.2) is 0 Å². The van der Waals surface area contributed by atoms with Crippen LogP contribution in [0.4, 0.5) is 5.69 Å². The molecule has 1 unspecified atom stereocenters. The summed E-state index contributed by atoms with van der Waals surface area (Å²) in [5.74, 6) is 0.291. The summed E-state index contributed by atoms with van der Waals surface area (Å²) >= 11 is 0. The van der Waals surface area contributed by atoms with Gasteiger partial charge in [-0.15, -0.1) is 0 Å². The first-order valence-electron chi connectivity index (χ1n) is 6.32. The maximum Gasteiger partial charge on any atom is 0.116 e. The van der Waals surface area contributed by atoms with Crippen LogP contribution in [0.1, 0.15) is 11.1 Å². The highest BCUT2D eigenvalue weighted by molar-refractivity contribution is 5.72. The van der Waals surface area contributed by atoms with Gasteiger partial charge in [-0.3, -0.25) is 0 Å². The first kappa shape index (κ1) is 11.6. The Kier molecular flexibility index (Phi) is 3.07. The minimum atomic E-state index is 0.178. The van der Waals surface area contributed by atoms with Crippen molar-refractivity contribution < 1.29 is 5.11 Å². The Labute approximate surface area is 112 Å². The molecular weight excluding hydrogens is 234 g/mol. The number of benzene rings is 2. The van der Waals surface area contributed by atoms with E-state index in [4.69, 9.17) is 0 Å². The number of anilines is 1. The zero-order valence-electron chi connectivity index (χ0n) is 10.5. The highest BCUT2D eigenvalue weighted by Gasteiger charge is 2.08. The molecular formula is C17H15NO. The summed E-state index contributed by atoms with van der Waals surface area (Å²) in [6.45, 7) is 0. The van der Waals surface area contributed by atoms with Crippen LogP contribution in [0.5, 0.6) is 5.75 Å². The molecule has 0 aromatic heterocycles. The third-order valence-electron chi connectivity index (χ3n) is 3.13. The van der Waals surface area contributed by atoms with E-state index in [1.807, 2.05) is 30.3 Å². The van der Waals surface area contributed by atoms with Gasteiger partial charge in [0.05, 0.1) is 6.04 Å². The molecule has 0 bridgehead atoms. The third kappa shape index (κ3) is 2.68. The van der Waals surface area contributed by atoms with Crippen molar-refractivity contribution in [2.75, 3.05) is 5.32 Å². The van der Waals surface area contributed by atoms with Crippen molar-refractivity contribution in [3.8, 4) is 5.75 Å². The van der Waals surface area contributed by atoms with Crippen LogP contribution < -0.4 is 5.32 Å². The molecule has 1 aliphatic rings. The number of fused-ring (bicyclic) bond motifs is 1. The second-order valence-electron chi connectivity index (χ2n) is 4.57. The van der Waals surface area contributed by atoms with Crippen molar-refractivity contribution in [2.24, 2.45) is 0 Å². The summed E-state index contributed by atoms with van der Waals surface area (Å²) in [5, 5.41) is 12.9. The first-order valence-corrected chi connectivity index (χ1v) is 6.32. The van der Waals surface area contributed by atoms with Crippen LogP contribution >= 0.6 is 0 Å². The molecule has 1 atom stereocenters. The van der Waals surface area contributed by atoms with Crippen molar-refractivity contribution in [3.05, 3.63) is 71.8 Å². The number of nitrogens with one attached hydrogen (secondary N) is 1. The lowest BCUT2D eigenvalue weighted by Gasteiger charge is -2.19. The SMILES string of the molecule is Oc1cccc(/C=C/C2C=Cc3ccccc3N2)c1. The number of phenolic OH excluding ortho intramolecular Hbond substituents is 1. The molecule has 1 aliphatic heterocycles. The van der Waals surface area contributed by atoms with Crippen molar-refractivity contribution >= 4 is 17.8 Å². The number of phenols is 1. The average molecular weight is 249 g/mol. The van der Waals surface area contributed by atoms with Crippen molar-refractivity contribution in [3.63, 3.8) is 0 Å². The van der Waals surface area contributed by atoms with Gasteiger partial charge in [0.1, 0.15) is 5.75 Å². The maximum absolute atomic E-state index is 9.42. The van der Waals surface area contributed by atoms with Crippen molar-refractivity contribution in [1.82, 2.24) is 0 Å². The van der Waals surface area contributed by atoms with E-state index in [1.165, 1.54) is 5.56 Å². The van der Waals surface area contributed by atoms with Crippen LogP contribution in [0, 0.1) is 0 Å². The van der Waals surface area contributed by atoms with Gasteiger partial charge in [0.25, 0.3) is 0 Å². The van der Waals surface area contributed by atoms with E-state index in [1.54, 1.807) is 12.1 Å². The van der Waals surface area contributed by atoms with Crippen LogP contribution in [0.2, 0.25) is 0 Å². The molecule has 0 aliphatic carbocycles. The van der Waals surface area contributed by atoms with Gasteiger partial charge in [0, 0.05) is 5.69 Å². The van der Waals surface area contributed by atoms with Gasteiger partial charge < -0.3 is 10.4 Å². The molecule has 0 fully saturated rings. The van der Waals surface area contributed by atoms with E-state index >= 15 is 0 Å². The number of rotatable bonds is 2. The normalized spacial score (nSPS) is 17.2. The molecule has 2 aromatic rings. The molecule has 2 heteroatoms. The highest BCUT2D eigenvalue weighted by atomic mass is 16.3. The Morgan fingerprint density at radius 1 is 1.05 bits per heavy atom. The second kappa shape index (κ2) is 5.02. The zero-order chi connectivity index (χ0) is 13.1. The van der Waals surface area contributed by atoms with Gasteiger partial charge >= 0.3 is 0 Å². The average Bonchev–Trinajstić information content (AvgIpc) is 2.45. The molecule has 0 saturated carbocycles. The van der Waals surface area contributed by atoms with Crippen LogP contribution in [-0.4, -0.2) is 11.1 Å². The standard InChI is InChI=1S/C17H15NO/c19-16-6-3-4-13(12-16)8-10-15-11-9-14-5-1-2-7-17(14)18-15/h1-12,15,18-19H/b10-8+. The monoisotopic (exact) mass is 249 g/mol. The lowest BCUT2D eigenvalue weighted by molar-refractivity contribution is 0.475. The lowest BCUT2D eigenvalue weighted by atomic mass is 10.0. The lowest BCUT2D eigenvalue weighted by Crippen LogP contribution is -2.17. The minimum absolute atomic E-state index is 0.178. The Hall–Kier alpha value is -2.48. The molecule has 3 rings (SSSR count). The number of hydrogen-bond acceptors (Lipinski definition) is 2. The fourth-order valence-corrected chi connectivity index (χ4v) is 2.16. The molecule has 94 valence electrons. The molecule has 1 heterocycles. The highest BCUT2D eigenvalue weighted by Crippen LogP contribution is 2.23. The van der Waals surface area contributed by atoms with E-state index in [2.05, 4.69) is 35.7 Å². The maximum atomic E-state index is 9.42. The topological polar surface area (TPSA) is 32.3 Å². The Balaban J connectivity index is 1.76. The molecule has 0 radical (unpaired) electrons. The first-order chi connectivity index (χ1) is 9.31. The van der Waals surface area contributed by atoms with Crippen LogP contribution in [0.15, 0.2) is 60.7 Å². The Morgan fingerprint density at radius 3 is 2.84 bits per heavy atom. The van der Waals surface area contributed by atoms with E-state index in [0.717, 1.165) is 11.3 Å². The molecule has 0 amide bonds. The number of hydrogen-bond donors (Lipinski definition) is 2. The van der Waals surface area contributed by atoms with E-state index in [-0.39, 0.29) is 6.04 Å². The predicted octanol–water partition coefficient (Wildman–Crippen LogP) is 3.91. The quantitative estimate of drug-likeness (QED) is 0.845. The Morgan fingerprint density at radius 2 is 1.95 bits per heavy atom. The van der Waals surface area contributed by atoms with E-state index in [9.17, 15) is 5.11 Å². The van der Waals surface area contributed by atoms with Crippen LogP contribution in [0.25, 0.3) is 12.2 Å². The summed E-state index contributed by atoms with van der Waals surface area (Å²) in [4.78, 5) is 0. The fourth-order valence-electron chi connectivity index (χ4n) is 2.16. The van der Waals surface area contributed by atoms with E-state index < -0.39 is 0 Å². The molecule has 2 N–H and O–H groups in total.